The van der Waals surface area contributed by atoms with Gasteiger partial charge in [0.2, 0.25) is 0 Å². The van der Waals surface area contributed by atoms with Crippen molar-refractivity contribution in [2.45, 2.75) is 52.5 Å². The maximum atomic E-state index is 9.17. The van der Waals surface area contributed by atoms with E-state index in [1.807, 2.05) is 20.9 Å². The first-order valence-electron chi connectivity index (χ1n) is 7.44. The predicted molar refractivity (Wildman–Crippen MR) is 83.0 cm³/mol. The Labute approximate surface area is 123 Å². The number of hydrogen-bond acceptors (Lipinski definition) is 3. The van der Waals surface area contributed by atoms with Crippen LogP contribution >= 0.6 is 0 Å². The second-order valence-corrected chi connectivity index (χ2v) is 6.40. The van der Waals surface area contributed by atoms with Crippen molar-refractivity contribution in [3.8, 4) is 6.07 Å². The van der Waals surface area contributed by atoms with Gasteiger partial charge in [-0.3, -0.25) is 0 Å². The van der Waals surface area contributed by atoms with E-state index >= 15 is 0 Å². The molecule has 0 saturated heterocycles. The Bertz CT molecular complexity index is 415. The van der Waals surface area contributed by atoms with Crippen LogP contribution in [0.25, 0.3) is 0 Å². The van der Waals surface area contributed by atoms with Crippen molar-refractivity contribution in [2.75, 3.05) is 14.2 Å². The Morgan fingerprint density at radius 3 is 2.55 bits per heavy atom. The van der Waals surface area contributed by atoms with Crippen LogP contribution in [0.5, 0.6) is 0 Å². The van der Waals surface area contributed by atoms with Gasteiger partial charge in [-0.15, -0.1) is 0 Å². The lowest BCUT2D eigenvalue weighted by Gasteiger charge is -2.28. The zero-order valence-electron chi connectivity index (χ0n) is 13.5. The molecule has 2 atom stereocenters. The molecular weight excluding hydrogens is 248 g/mol. The highest BCUT2D eigenvalue weighted by Crippen LogP contribution is 2.30. The normalized spacial score (nSPS) is 18.6. The van der Waals surface area contributed by atoms with Crippen LogP contribution in [0.1, 0.15) is 46.5 Å². The quantitative estimate of drug-likeness (QED) is 0.769. The molecule has 0 bridgehead atoms. The first-order chi connectivity index (χ1) is 9.41. The van der Waals surface area contributed by atoms with Crippen molar-refractivity contribution in [3.05, 3.63) is 23.5 Å². The van der Waals surface area contributed by atoms with Gasteiger partial charge in [0.15, 0.2) is 0 Å². The number of ether oxygens (including phenoxy) is 1. The van der Waals surface area contributed by atoms with E-state index in [9.17, 15) is 0 Å². The number of allylic oxidation sites excluding steroid dienone is 4. The number of nitrogens with zero attached hydrogens (tertiary/aromatic N) is 1. The number of nitriles is 1. The fraction of sp³-hybridized carbons (Fsp3) is 0.706. The number of rotatable bonds is 7. The van der Waals surface area contributed by atoms with Crippen LogP contribution in [0.4, 0.5) is 0 Å². The lowest BCUT2D eigenvalue weighted by molar-refractivity contribution is 0.273. The molecule has 0 fully saturated rings. The van der Waals surface area contributed by atoms with E-state index in [1.165, 1.54) is 5.57 Å². The lowest BCUT2D eigenvalue weighted by atomic mass is 9.81. The molecule has 3 heteroatoms. The second-order valence-electron chi connectivity index (χ2n) is 6.40. The highest BCUT2D eigenvalue weighted by atomic mass is 16.5. The maximum absolute atomic E-state index is 9.17. The van der Waals surface area contributed by atoms with Crippen molar-refractivity contribution in [1.29, 1.82) is 5.26 Å². The summed E-state index contributed by atoms with van der Waals surface area (Å²) in [7, 11) is 3.72. The van der Waals surface area contributed by atoms with E-state index in [0.29, 0.717) is 12.0 Å². The van der Waals surface area contributed by atoms with Gasteiger partial charge in [-0.2, -0.15) is 5.26 Å². The fourth-order valence-corrected chi connectivity index (χ4v) is 2.76. The van der Waals surface area contributed by atoms with Gasteiger partial charge in [0.05, 0.1) is 24.4 Å². The molecule has 0 aromatic heterocycles. The van der Waals surface area contributed by atoms with Crippen LogP contribution in [0.2, 0.25) is 0 Å². The van der Waals surface area contributed by atoms with Crippen LogP contribution in [-0.2, 0) is 4.74 Å². The molecule has 20 heavy (non-hydrogen) atoms. The average molecular weight is 276 g/mol. The van der Waals surface area contributed by atoms with Crippen LogP contribution in [0.15, 0.2) is 23.5 Å². The summed E-state index contributed by atoms with van der Waals surface area (Å²) < 4.78 is 5.27. The molecule has 1 rings (SSSR count). The maximum Gasteiger partial charge on any atom is 0.0958 e. The van der Waals surface area contributed by atoms with Gasteiger partial charge in [-0.1, -0.05) is 18.6 Å². The van der Waals surface area contributed by atoms with Crippen LogP contribution < -0.4 is 5.32 Å². The zero-order valence-corrected chi connectivity index (χ0v) is 13.5. The van der Waals surface area contributed by atoms with Gasteiger partial charge in [-0.25, -0.2) is 0 Å². The van der Waals surface area contributed by atoms with Crippen molar-refractivity contribution < 1.29 is 4.74 Å². The Kier molecular flexibility index (Phi) is 6.29. The number of nitrogens with one attached hydrogen (secondary N) is 1. The monoisotopic (exact) mass is 276 g/mol. The first kappa shape index (κ1) is 16.8. The smallest absolute Gasteiger partial charge is 0.0958 e. The minimum atomic E-state index is -0.266. The summed E-state index contributed by atoms with van der Waals surface area (Å²) in [5, 5.41) is 12.5. The Hall–Kier alpha value is -1.27. The molecule has 0 heterocycles. The summed E-state index contributed by atoms with van der Waals surface area (Å²) >= 11 is 0. The molecule has 0 aromatic carbocycles. The van der Waals surface area contributed by atoms with Gasteiger partial charge in [-0.05, 0) is 52.2 Å². The van der Waals surface area contributed by atoms with E-state index < -0.39 is 0 Å². The largest absolute Gasteiger partial charge is 0.501 e. The molecule has 0 saturated carbocycles. The highest BCUT2D eigenvalue weighted by molar-refractivity contribution is 5.22. The number of methoxy groups -OCH3 is 1. The summed E-state index contributed by atoms with van der Waals surface area (Å²) in [6.45, 7) is 6.30. The topological polar surface area (TPSA) is 45.0 Å². The molecule has 1 unspecified atom stereocenters. The standard InChI is InChI=1S/C17H28N2O/c1-13(14-6-8-16(20-5)9-7-14)10-15(19-4)11-17(2,3)12-18/h6,8,13,15,19H,7,9-11H2,1-5H3/t13?,15-/m0/s1. The van der Waals surface area contributed by atoms with Gasteiger partial charge >= 0.3 is 0 Å². The summed E-state index contributed by atoms with van der Waals surface area (Å²) in [4.78, 5) is 0. The van der Waals surface area contributed by atoms with Crippen molar-refractivity contribution in [1.82, 2.24) is 5.32 Å². The Morgan fingerprint density at radius 2 is 2.10 bits per heavy atom. The predicted octanol–water partition coefficient (Wildman–Crippen LogP) is 3.79. The zero-order chi connectivity index (χ0) is 15.2. The summed E-state index contributed by atoms with van der Waals surface area (Å²) in [6, 6.07) is 2.77. The van der Waals surface area contributed by atoms with Crippen molar-refractivity contribution >= 4 is 0 Å². The highest BCUT2D eigenvalue weighted by Gasteiger charge is 2.24. The van der Waals surface area contributed by atoms with E-state index in [1.54, 1.807) is 7.11 Å². The average Bonchev–Trinajstić information content (AvgIpc) is 2.46. The molecule has 0 amide bonds. The SMILES string of the molecule is CN[C@@H](CC(C)C1=CC=C(OC)CC1)CC(C)(C)C#N. The third-order valence-electron chi connectivity index (χ3n) is 4.14. The van der Waals surface area contributed by atoms with Crippen LogP contribution in [0, 0.1) is 22.7 Å². The molecule has 0 aromatic rings. The number of hydrogen-bond donors (Lipinski definition) is 1. The van der Waals surface area contributed by atoms with E-state index in [4.69, 9.17) is 10.00 Å². The van der Waals surface area contributed by atoms with Gasteiger partial charge < -0.3 is 10.1 Å². The van der Waals surface area contributed by atoms with E-state index in [2.05, 4.69) is 30.5 Å². The Morgan fingerprint density at radius 1 is 1.40 bits per heavy atom. The molecule has 0 aliphatic heterocycles. The molecule has 1 N–H and O–H groups in total. The summed E-state index contributed by atoms with van der Waals surface area (Å²) in [5.74, 6) is 1.60. The minimum absolute atomic E-state index is 0.266. The molecule has 0 radical (unpaired) electrons. The molecule has 0 spiro atoms. The summed E-state index contributed by atoms with van der Waals surface area (Å²) in [6.07, 6.45) is 8.33. The second kappa shape index (κ2) is 7.50. The molecule has 112 valence electrons. The molecule has 3 nitrogen and oxygen atoms in total. The van der Waals surface area contributed by atoms with E-state index in [0.717, 1.165) is 31.4 Å². The lowest BCUT2D eigenvalue weighted by Crippen LogP contribution is -2.32. The molecule has 1 aliphatic carbocycles. The van der Waals surface area contributed by atoms with Gasteiger partial charge in [0, 0.05) is 12.5 Å². The molecular formula is C17H28N2O. The van der Waals surface area contributed by atoms with Crippen molar-refractivity contribution in [2.24, 2.45) is 11.3 Å². The van der Waals surface area contributed by atoms with Gasteiger partial charge in [0.25, 0.3) is 0 Å². The Balaban J connectivity index is 2.60. The third kappa shape index (κ3) is 5.02. The first-order valence-corrected chi connectivity index (χ1v) is 7.44. The minimum Gasteiger partial charge on any atom is -0.501 e. The van der Waals surface area contributed by atoms with Crippen LogP contribution in [-0.4, -0.2) is 20.2 Å². The molecule has 1 aliphatic rings. The summed E-state index contributed by atoms with van der Waals surface area (Å²) in [5.41, 5.74) is 1.22. The third-order valence-corrected chi connectivity index (χ3v) is 4.14. The fourth-order valence-electron chi connectivity index (χ4n) is 2.76. The van der Waals surface area contributed by atoms with Gasteiger partial charge in [0.1, 0.15) is 0 Å². The van der Waals surface area contributed by atoms with Crippen LogP contribution in [0.3, 0.4) is 0 Å². The van der Waals surface area contributed by atoms with Crippen molar-refractivity contribution in [3.63, 3.8) is 0 Å². The van der Waals surface area contributed by atoms with E-state index in [-0.39, 0.29) is 5.41 Å².